The van der Waals surface area contributed by atoms with E-state index in [1.807, 2.05) is 6.92 Å². The summed E-state index contributed by atoms with van der Waals surface area (Å²) in [4.78, 5) is 13.9. The Kier molecular flexibility index (Phi) is 3.91. The third kappa shape index (κ3) is 2.65. The quantitative estimate of drug-likeness (QED) is 0.925. The van der Waals surface area contributed by atoms with Gasteiger partial charge in [-0.2, -0.15) is 0 Å². The molecule has 0 radical (unpaired) electrons. The number of hydrogen-bond acceptors (Lipinski definition) is 3. The maximum Gasteiger partial charge on any atom is 0.238 e. The van der Waals surface area contributed by atoms with Crippen LogP contribution < -0.4 is 5.32 Å². The van der Waals surface area contributed by atoms with Gasteiger partial charge < -0.3 is 9.64 Å². The van der Waals surface area contributed by atoms with Crippen molar-refractivity contribution in [2.24, 2.45) is 5.92 Å². The number of halogens is 2. The van der Waals surface area contributed by atoms with Crippen LogP contribution in [0, 0.1) is 17.6 Å². The standard InChI is InChI=1S/C15H18F2N2O2/c1-9(11-4-5-21-8-11)19-14(20)7-18-15(19)10-2-3-12(16)13(17)6-10/h2-3,6,9,11,15,18H,4-5,7-8H2,1H3. The zero-order valence-corrected chi connectivity index (χ0v) is 11.8. The second kappa shape index (κ2) is 5.69. The van der Waals surface area contributed by atoms with Crippen molar-refractivity contribution in [2.45, 2.75) is 25.6 Å². The Morgan fingerprint density at radius 3 is 2.86 bits per heavy atom. The minimum absolute atomic E-state index is 0.00638. The van der Waals surface area contributed by atoms with Crippen molar-refractivity contribution in [3.05, 3.63) is 35.4 Å². The molecular weight excluding hydrogens is 278 g/mol. The summed E-state index contributed by atoms with van der Waals surface area (Å²) in [6.45, 7) is 3.54. The molecule has 2 aliphatic heterocycles. The molecule has 21 heavy (non-hydrogen) atoms. The van der Waals surface area contributed by atoms with E-state index in [2.05, 4.69) is 5.32 Å². The number of carbonyl (C=O) groups excluding carboxylic acids is 1. The molecule has 2 aliphatic rings. The maximum absolute atomic E-state index is 13.4. The highest BCUT2D eigenvalue weighted by Gasteiger charge is 2.39. The summed E-state index contributed by atoms with van der Waals surface area (Å²) in [6, 6.07) is 3.75. The van der Waals surface area contributed by atoms with Gasteiger partial charge in [-0.3, -0.25) is 10.1 Å². The van der Waals surface area contributed by atoms with Crippen LogP contribution in [0.3, 0.4) is 0 Å². The molecule has 114 valence electrons. The lowest BCUT2D eigenvalue weighted by Crippen LogP contribution is -2.42. The van der Waals surface area contributed by atoms with Gasteiger partial charge >= 0.3 is 0 Å². The van der Waals surface area contributed by atoms with Crippen LogP contribution in [0.2, 0.25) is 0 Å². The molecule has 0 spiro atoms. The van der Waals surface area contributed by atoms with Crippen molar-refractivity contribution in [3.8, 4) is 0 Å². The van der Waals surface area contributed by atoms with Crippen LogP contribution in [0.15, 0.2) is 18.2 Å². The molecule has 1 aromatic rings. The van der Waals surface area contributed by atoms with E-state index >= 15 is 0 Å². The number of hydrogen-bond donors (Lipinski definition) is 1. The minimum atomic E-state index is -0.898. The Bertz CT molecular complexity index is 546. The highest BCUT2D eigenvalue weighted by Crippen LogP contribution is 2.31. The predicted molar refractivity (Wildman–Crippen MR) is 72.3 cm³/mol. The van der Waals surface area contributed by atoms with Crippen LogP contribution in [-0.2, 0) is 9.53 Å². The van der Waals surface area contributed by atoms with E-state index in [0.29, 0.717) is 18.8 Å². The van der Waals surface area contributed by atoms with Crippen LogP contribution in [0.1, 0.15) is 25.1 Å². The first kappa shape index (κ1) is 14.4. The highest BCUT2D eigenvalue weighted by molar-refractivity contribution is 5.81. The number of rotatable bonds is 3. The van der Waals surface area contributed by atoms with Crippen LogP contribution in [0.5, 0.6) is 0 Å². The topological polar surface area (TPSA) is 41.6 Å². The van der Waals surface area contributed by atoms with Crippen LogP contribution in [0.25, 0.3) is 0 Å². The molecular formula is C15H18F2N2O2. The Hall–Kier alpha value is -1.53. The lowest BCUT2D eigenvalue weighted by atomic mass is 9.98. The first-order chi connectivity index (χ1) is 10.1. The third-order valence-corrected chi connectivity index (χ3v) is 4.36. The van der Waals surface area contributed by atoms with Gasteiger partial charge in [0.25, 0.3) is 0 Å². The van der Waals surface area contributed by atoms with E-state index < -0.39 is 17.8 Å². The minimum Gasteiger partial charge on any atom is -0.381 e. The summed E-state index contributed by atoms with van der Waals surface area (Å²) < 4.78 is 31.9. The van der Waals surface area contributed by atoms with E-state index in [-0.39, 0.29) is 24.4 Å². The number of ether oxygens (including phenoxy) is 1. The molecule has 3 rings (SSSR count). The van der Waals surface area contributed by atoms with Crippen molar-refractivity contribution in [1.82, 2.24) is 10.2 Å². The van der Waals surface area contributed by atoms with E-state index in [9.17, 15) is 13.6 Å². The Morgan fingerprint density at radius 2 is 2.19 bits per heavy atom. The van der Waals surface area contributed by atoms with Crippen molar-refractivity contribution >= 4 is 5.91 Å². The zero-order chi connectivity index (χ0) is 15.0. The third-order valence-electron chi connectivity index (χ3n) is 4.36. The fourth-order valence-electron chi connectivity index (χ4n) is 3.10. The van der Waals surface area contributed by atoms with Gasteiger partial charge in [0.2, 0.25) is 5.91 Å². The molecule has 2 saturated heterocycles. The number of benzene rings is 1. The first-order valence-electron chi connectivity index (χ1n) is 7.15. The molecule has 1 aromatic carbocycles. The second-order valence-electron chi connectivity index (χ2n) is 5.62. The molecule has 0 bridgehead atoms. The number of nitrogens with one attached hydrogen (secondary N) is 1. The monoisotopic (exact) mass is 296 g/mol. The van der Waals surface area contributed by atoms with E-state index in [0.717, 1.165) is 18.6 Å². The van der Waals surface area contributed by atoms with Crippen LogP contribution in [0.4, 0.5) is 8.78 Å². The van der Waals surface area contributed by atoms with E-state index in [1.54, 1.807) is 4.90 Å². The molecule has 3 atom stereocenters. The molecule has 2 heterocycles. The van der Waals surface area contributed by atoms with Gasteiger partial charge in [-0.25, -0.2) is 8.78 Å². The van der Waals surface area contributed by atoms with E-state index in [1.165, 1.54) is 6.07 Å². The van der Waals surface area contributed by atoms with Crippen molar-refractivity contribution in [3.63, 3.8) is 0 Å². The smallest absolute Gasteiger partial charge is 0.238 e. The van der Waals surface area contributed by atoms with Gasteiger partial charge in [0.05, 0.1) is 13.2 Å². The molecule has 2 fully saturated rings. The van der Waals surface area contributed by atoms with Gasteiger partial charge in [0, 0.05) is 18.6 Å². The summed E-state index contributed by atoms with van der Waals surface area (Å²) in [7, 11) is 0. The van der Waals surface area contributed by atoms with Gasteiger partial charge in [-0.1, -0.05) is 6.07 Å². The number of carbonyl (C=O) groups is 1. The summed E-state index contributed by atoms with van der Waals surface area (Å²) in [5.41, 5.74) is 0.561. The molecule has 1 amide bonds. The Labute approximate surface area is 122 Å². The largest absolute Gasteiger partial charge is 0.381 e. The normalized spacial score (nSPS) is 27.4. The maximum atomic E-state index is 13.4. The van der Waals surface area contributed by atoms with E-state index in [4.69, 9.17) is 4.74 Å². The summed E-state index contributed by atoms with van der Waals surface area (Å²) in [6.07, 6.45) is 0.498. The average Bonchev–Trinajstić information content (AvgIpc) is 3.11. The van der Waals surface area contributed by atoms with Gasteiger partial charge in [-0.15, -0.1) is 0 Å². The van der Waals surface area contributed by atoms with Crippen molar-refractivity contribution in [1.29, 1.82) is 0 Å². The second-order valence-corrected chi connectivity index (χ2v) is 5.62. The van der Waals surface area contributed by atoms with Gasteiger partial charge in [0.1, 0.15) is 6.17 Å². The molecule has 0 aromatic heterocycles. The average molecular weight is 296 g/mol. The molecule has 0 aliphatic carbocycles. The SMILES string of the molecule is CC(C1CCOC1)N1C(=O)CNC1c1ccc(F)c(F)c1. The number of nitrogens with zero attached hydrogens (tertiary/aromatic N) is 1. The van der Waals surface area contributed by atoms with Crippen molar-refractivity contribution in [2.75, 3.05) is 19.8 Å². The molecule has 3 unspecified atom stereocenters. The first-order valence-corrected chi connectivity index (χ1v) is 7.15. The molecule has 1 N–H and O–H groups in total. The molecule has 4 nitrogen and oxygen atoms in total. The van der Waals surface area contributed by atoms with Crippen molar-refractivity contribution < 1.29 is 18.3 Å². The Morgan fingerprint density at radius 1 is 1.38 bits per heavy atom. The zero-order valence-electron chi connectivity index (χ0n) is 11.8. The van der Waals surface area contributed by atoms with Gasteiger partial charge in [-0.05, 0) is 31.0 Å². The summed E-state index contributed by atoms with van der Waals surface area (Å²) in [5.74, 6) is -1.52. The number of amides is 1. The summed E-state index contributed by atoms with van der Waals surface area (Å²) >= 11 is 0. The fraction of sp³-hybridized carbons (Fsp3) is 0.533. The predicted octanol–water partition coefficient (Wildman–Crippen LogP) is 1.82. The van der Waals surface area contributed by atoms with Gasteiger partial charge in [0.15, 0.2) is 11.6 Å². The molecule has 0 saturated carbocycles. The van der Waals surface area contributed by atoms with Crippen LogP contribution in [-0.4, -0.2) is 36.6 Å². The highest BCUT2D eigenvalue weighted by atomic mass is 19.2. The lowest BCUT2D eigenvalue weighted by molar-refractivity contribution is -0.131. The molecule has 6 heteroatoms. The fourth-order valence-corrected chi connectivity index (χ4v) is 3.10. The van der Waals surface area contributed by atoms with Crippen LogP contribution >= 0.6 is 0 Å². The lowest BCUT2D eigenvalue weighted by Gasteiger charge is -2.33. The summed E-state index contributed by atoms with van der Waals surface area (Å²) in [5, 5.41) is 3.07. The Balaban J connectivity index is 1.86.